The van der Waals surface area contributed by atoms with Crippen LogP contribution in [0.3, 0.4) is 0 Å². The maximum absolute atomic E-state index is 12.7. The second-order valence-electron chi connectivity index (χ2n) is 10.5. The number of benzene rings is 3. The Morgan fingerprint density at radius 1 is 0.868 bits per heavy atom. The van der Waals surface area contributed by atoms with Crippen molar-refractivity contribution in [1.29, 1.82) is 0 Å². The van der Waals surface area contributed by atoms with Gasteiger partial charge in [0.25, 0.3) is 0 Å². The van der Waals surface area contributed by atoms with E-state index in [9.17, 15) is 4.79 Å². The lowest BCUT2D eigenvalue weighted by atomic mass is 9.79. The molecule has 4 aromatic rings. The molecule has 1 saturated heterocycles. The molecule has 2 fully saturated rings. The van der Waals surface area contributed by atoms with Gasteiger partial charge in [0.15, 0.2) is 0 Å². The number of carbonyl (C=O) groups excluding carboxylic acids is 1. The highest BCUT2D eigenvalue weighted by Gasteiger charge is 2.31. The summed E-state index contributed by atoms with van der Waals surface area (Å²) in [4.78, 5) is 19.2. The van der Waals surface area contributed by atoms with Crippen molar-refractivity contribution < 1.29 is 14.3 Å². The van der Waals surface area contributed by atoms with Gasteiger partial charge in [-0.3, -0.25) is 0 Å². The van der Waals surface area contributed by atoms with E-state index in [4.69, 9.17) is 9.47 Å². The number of fused-ring (bicyclic) bond motifs is 1. The van der Waals surface area contributed by atoms with E-state index >= 15 is 0 Å². The lowest BCUT2D eigenvalue weighted by Gasteiger charge is -2.33. The highest BCUT2D eigenvalue weighted by atomic mass is 16.6. The molecule has 1 saturated carbocycles. The van der Waals surface area contributed by atoms with Crippen LogP contribution in [0.2, 0.25) is 0 Å². The number of ether oxygens (including phenoxy) is 2. The minimum absolute atomic E-state index is 0.0372. The number of carbonyl (C=O) groups is 1. The predicted octanol–water partition coefficient (Wildman–Crippen LogP) is 7.12. The van der Waals surface area contributed by atoms with Gasteiger partial charge < -0.3 is 18.9 Å². The SMILES string of the molecule is O=C(OCc1ccccc1)N1CCC[C@H]1COc1ccc(C2CCCCC2n2cnc3ccccc32)cc1. The molecular weight excluding hydrogens is 474 g/mol. The molecule has 2 aliphatic rings. The highest BCUT2D eigenvalue weighted by molar-refractivity contribution is 5.75. The first-order valence-electron chi connectivity index (χ1n) is 13.9. The summed E-state index contributed by atoms with van der Waals surface area (Å²) in [6.07, 6.45) is 8.51. The molecular formula is C32H35N3O3. The fraction of sp³-hybridized carbons (Fsp3) is 0.375. The van der Waals surface area contributed by atoms with Gasteiger partial charge in [-0.15, -0.1) is 0 Å². The molecule has 0 N–H and O–H groups in total. The number of aromatic nitrogens is 2. The number of hydrogen-bond acceptors (Lipinski definition) is 4. The van der Waals surface area contributed by atoms with Gasteiger partial charge in [-0.1, -0.05) is 67.4 Å². The van der Waals surface area contributed by atoms with Crippen molar-refractivity contribution >= 4 is 17.1 Å². The second-order valence-corrected chi connectivity index (χ2v) is 10.5. The number of likely N-dealkylation sites (tertiary alicyclic amines) is 1. The predicted molar refractivity (Wildman–Crippen MR) is 148 cm³/mol. The Morgan fingerprint density at radius 3 is 2.53 bits per heavy atom. The van der Waals surface area contributed by atoms with Crippen LogP contribution >= 0.6 is 0 Å². The molecule has 196 valence electrons. The Bertz CT molecular complexity index is 1350. The zero-order chi connectivity index (χ0) is 25.7. The van der Waals surface area contributed by atoms with Crippen LogP contribution in [0.5, 0.6) is 5.75 Å². The van der Waals surface area contributed by atoms with Crippen molar-refractivity contribution in [3.8, 4) is 5.75 Å². The topological polar surface area (TPSA) is 56.6 Å². The Balaban J connectivity index is 1.07. The van der Waals surface area contributed by atoms with Gasteiger partial charge in [0.2, 0.25) is 0 Å². The standard InChI is InChI=1S/C32H35N3O3/c36-32(38-21-24-9-2-1-3-10-24)34-20-8-11-26(34)22-37-27-18-16-25(17-19-27)28-12-4-6-14-30(28)35-23-33-29-13-5-7-15-31(29)35/h1-3,5,7,9-10,13,15-19,23,26,28,30H,4,6,8,11-12,14,20-22H2/t26-,28?,30?/m0/s1. The largest absolute Gasteiger partial charge is 0.491 e. The van der Waals surface area contributed by atoms with Gasteiger partial charge in [-0.05, 0) is 61.1 Å². The quantitative estimate of drug-likeness (QED) is 0.266. The number of imidazole rings is 1. The number of amides is 1. The summed E-state index contributed by atoms with van der Waals surface area (Å²) in [6, 6.07) is 27.3. The lowest BCUT2D eigenvalue weighted by molar-refractivity contribution is 0.0824. The van der Waals surface area contributed by atoms with Gasteiger partial charge in [0.1, 0.15) is 19.0 Å². The first-order valence-corrected chi connectivity index (χ1v) is 13.9. The number of para-hydroxylation sites is 2. The summed E-state index contributed by atoms with van der Waals surface area (Å²) in [5, 5.41) is 0. The molecule has 2 unspecified atom stereocenters. The molecule has 0 radical (unpaired) electrons. The minimum atomic E-state index is -0.259. The van der Waals surface area contributed by atoms with E-state index in [1.165, 1.54) is 36.8 Å². The van der Waals surface area contributed by atoms with Crippen molar-refractivity contribution in [3.63, 3.8) is 0 Å². The molecule has 0 bridgehead atoms. The minimum Gasteiger partial charge on any atom is -0.491 e. The molecule has 2 heterocycles. The maximum atomic E-state index is 12.7. The summed E-state index contributed by atoms with van der Waals surface area (Å²) >= 11 is 0. The van der Waals surface area contributed by atoms with E-state index in [-0.39, 0.29) is 12.1 Å². The third kappa shape index (κ3) is 5.26. The van der Waals surface area contributed by atoms with Gasteiger partial charge in [-0.2, -0.15) is 0 Å². The molecule has 1 aromatic heterocycles. The van der Waals surface area contributed by atoms with Crippen LogP contribution in [-0.4, -0.2) is 39.7 Å². The van der Waals surface area contributed by atoms with E-state index < -0.39 is 0 Å². The molecule has 3 aromatic carbocycles. The number of hydrogen-bond donors (Lipinski definition) is 0. The first-order chi connectivity index (χ1) is 18.8. The Labute approximate surface area is 224 Å². The van der Waals surface area contributed by atoms with Gasteiger partial charge in [0, 0.05) is 18.5 Å². The van der Waals surface area contributed by atoms with E-state index in [0.29, 0.717) is 31.7 Å². The Morgan fingerprint density at radius 2 is 1.66 bits per heavy atom. The molecule has 6 heteroatoms. The van der Waals surface area contributed by atoms with Crippen LogP contribution in [0, 0.1) is 0 Å². The monoisotopic (exact) mass is 509 g/mol. The van der Waals surface area contributed by atoms with Crippen LogP contribution in [0.4, 0.5) is 4.79 Å². The van der Waals surface area contributed by atoms with Crippen molar-refractivity contribution in [2.75, 3.05) is 13.2 Å². The molecule has 1 aliphatic heterocycles. The van der Waals surface area contributed by atoms with Gasteiger partial charge in [0.05, 0.1) is 23.4 Å². The normalized spacial score (nSPS) is 21.5. The fourth-order valence-electron chi connectivity index (χ4n) is 6.13. The van der Waals surface area contributed by atoms with Crippen LogP contribution in [-0.2, 0) is 11.3 Å². The fourth-order valence-corrected chi connectivity index (χ4v) is 6.13. The Hall–Kier alpha value is -3.80. The molecule has 6 rings (SSSR count). The van der Waals surface area contributed by atoms with Crippen LogP contribution < -0.4 is 4.74 Å². The van der Waals surface area contributed by atoms with Gasteiger partial charge >= 0.3 is 6.09 Å². The van der Waals surface area contributed by atoms with E-state index in [1.54, 1.807) is 0 Å². The zero-order valence-corrected chi connectivity index (χ0v) is 21.7. The summed E-state index contributed by atoms with van der Waals surface area (Å²) < 4.78 is 14.1. The molecule has 1 amide bonds. The van der Waals surface area contributed by atoms with Crippen molar-refractivity contribution in [3.05, 3.63) is 96.3 Å². The van der Waals surface area contributed by atoms with Crippen LogP contribution in [0.1, 0.15) is 61.6 Å². The van der Waals surface area contributed by atoms with Crippen LogP contribution in [0.25, 0.3) is 11.0 Å². The van der Waals surface area contributed by atoms with Crippen LogP contribution in [0.15, 0.2) is 85.2 Å². The first kappa shape index (κ1) is 24.5. The van der Waals surface area contributed by atoms with Gasteiger partial charge in [-0.25, -0.2) is 9.78 Å². The Kier molecular flexibility index (Phi) is 7.29. The third-order valence-corrected chi connectivity index (χ3v) is 8.14. The third-order valence-electron chi connectivity index (χ3n) is 8.14. The molecule has 6 nitrogen and oxygen atoms in total. The summed E-state index contributed by atoms with van der Waals surface area (Å²) in [5.41, 5.74) is 4.62. The summed E-state index contributed by atoms with van der Waals surface area (Å²) in [7, 11) is 0. The van der Waals surface area contributed by atoms with E-state index in [2.05, 4.69) is 58.1 Å². The average molecular weight is 510 g/mol. The zero-order valence-electron chi connectivity index (χ0n) is 21.7. The van der Waals surface area contributed by atoms with Crippen molar-refractivity contribution in [2.24, 2.45) is 0 Å². The summed E-state index contributed by atoms with van der Waals surface area (Å²) in [5.74, 6) is 1.30. The molecule has 0 spiro atoms. The van der Waals surface area contributed by atoms with Crippen molar-refractivity contribution in [1.82, 2.24) is 14.5 Å². The number of nitrogens with zero attached hydrogens (tertiary/aromatic N) is 3. The highest BCUT2D eigenvalue weighted by Crippen LogP contribution is 2.42. The van der Waals surface area contributed by atoms with Crippen molar-refractivity contribution in [2.45, 2.75) is 63.1 Å². The lowest BCUT2D eigenvalue weighted by Crippen LogP contribution is -2.39. The smallest absolute Gasteiger partial charge is 0.410 e. The molecule has 38 heavy (non-hydrogen) atoms. The molecule has 1 aliphatic carbocycles. The van der Waals surface area contributed by atoms with E-state index in [0.717, 1.165) is 29.7 Å². The maximum Gasteiger partial charge on any atom is 0.410 e. The van der Waals surface area contributed by atoms with E-state index in [1.807, 2.05) is 41.6 Å². The second kappa shape index (κ2) is 11.3. The number of rotatable bonds is 7. The molecule has 3 atom stereocenters. The average Bonchev–Trinajstić information content (AvgIpc) is 3.63. The summed E-state index contributed by atoms with van der Waals surface area (Å²) in [6.45, 7) is 1.49.